The molecule has 0 heterocycles. The summed E-state index contributed by atoms with van der Waals surface area (Å²) in [6.45, 7) is 0. The number of carbonyl (C=O) groups excluding carboxylic acids is 2. The monoisotopic (exact) mass is 348 g/mol. The summed E-state index contributed by atoms with van der Waals surface area (Å²) in [5, 5.41) is 14.7. The number of benzene rings is 3. The van der Waals surface area contributed by atoms with Crippen molar-refractivity contribution in [3.63, 3.8) is 0 Å². The summed E-state index contributed by atoms with van der Waals surface area (Å²) in [5.41, 5.74) is 1.01. The molecule has 0 fully saturated rings. The van der Waals surface area contributed by atoms with Gasteiger partial charge in [-0.1, -0.05) is 24.3 Å². The molecule has 26 heavy (non-hydrogen) atoms. The third kappa shape index (κ3) is 4.18. The molecule has 3 aromatic rings. The van der Waals surface area contributed by atoms with E-state index in [0.29, 0.717) is 29.2 Å². The largest absolute Gasteiger partial charge is 0.506 e. The van der Waals surface area contributed by atoms with Crippen LogP contribution in [0.5, 0.6) is 17.2 Å². The van der Waals surface area contributed by atoms with Crippen LogP contribution in [-0.2, 0) is 4.79 Å². The average molecular weight is 348 g/mol. The first kappa shape index (κ1) is 17.0. The quantitative estimate of drug-likeness (QED) is 0.464. The summed E-state index contributed by atoms with van der Waals surface area (Å²) in [4.78, 5) is 23.0. The number of phenolic OH excluding ortho intramolecular Hbond substituents is 1. The highest BCUT2D eigenvalue weighted by Crippen LogP contribution is 2.26. The highest BCUT2D eigenvalue weighted by molar-refractivity contribution is 6.05. The molecule has 0 aliphatic carbocycles. The molecule has 2 amide bonds. The number of ether oxygens (including phenoxy) is 1. The highest BCUT2D eigenvalue weighted by atomic mass is 16.5. The van der Waals surface area contributed by atoms with Crippen molar-refractivity contribution in [2.45, 2.75) is 0 Å². The summed E-state index contributed by atoms with van der Waals surface area (Å²) in [6, 6.07) is 20.5. The zero-order valence-corrected chi connectivity index (χ0v) is 13.7. The van der Waals surface area contributed by atoms with Crippen LogP contribution in [0.2, 0.25) is 0 Å². The number of phenols is 1. The number of hydrogen-bond donors (Lipinski definition) is 3. The minimum Gasteiger partial charge on any atom is -0.506 e. The van der Waals surface area contributed by atoms with Gasteiger partial charge in [0.15, 0.2) is 0 Å². The third-order valence-electron chi connectivity index (χ3n) is 3.54. The van der Waals surface area contributed by atoms with Crippen molar-refractivity contribution in [3.8, 4) is 17.2 Å². The summed E-state index contributed by atoms with van der Waals surface area (Å²) in [7, 11) is 0. The number of para-hydroxylation sites is 1. The van der Waals surface area contributed by atoms with E-state index in [0.717, 1.165) is 0 Å². The Bertz CT molecular complexity index is 926. The molecule has 0 saturated carbocycles. The van der Waals surface area contributed by atoms with Crippen LogP contribution in [0.25, 0.3) is 0 Å². The molecule has 0 aromatic heterocycles. The normalized spacial score (nSPS) is 10.0. The molecule has 3 rings (SSSR count). The third-order valence-corrected chi connectivity index (χ3v) is 3.54. The molecular formula is C20H16N2O4. The van der Waals surface area contributed by atoms with Crippen LogP contribution in [0.15, 0.2) is 72.8 Å². The molecule has 0 aliphatic heterocycles. The Morgan fingerprint density at radius 2 is 1.69 bits per heavy atom. The van der Waals surface area contributed by atoms with Gasteiger partial charge in [0.2, 0.25) is 6.41 Å². The van der Waals surface area contributed by atoms with Gasteiger partial charge in [-0.15, -0.1) is 0 Å². The van der Waals surface area contributed by atoms with Crippen molar-refractivity contribution >= 4 is 23.7 Å². The second-order valence-corrected chi connectivity index (χ2v) is 5.39. The van der Waals surface area contributed by atoms with Gasteiger partial charge >= 0.3 is 0 Å². The topological polar surface area (TPSA) is 87.7 Å². The van der Waals surface area contributed by atoms with Gasteiger partial charge in [0.25, 0.3) is 5.91 Å². The lowest BCUT2D eigenvalue weighted by Crippen LogP contribution is -2.12. The van der Waals surface area contributed by atoms with Gasteiger partial charge in [-0.05, 0) is 42.5 Å². The molecule has 130 valence electrons. The molecule has 0 unspecified atom stereocenters. The number of carbonyl (C=O) groups is 2. The molecule has 0 saturated heterocycles. The Labute approximate surface area is 150 Å². The van der Waals surface area contributed by atoms with E-state index in [2.05, 4.69) is 10.6 Å². The number of aromatic hydroxyl groups is 1. The summed E-state index contributed by atoms with van der Waals surface area (Å²) in [5.74, 6) is 0.782. The van der Waals surface area contributed by atoms with Crippen LogP contribution in [0, 0.1) is 0 Å². The van der Waals surface area contributed by atoms with Gasteiger partial charge in [-0.3, -0.25) is 9.59 Å². The fourth-order valence-electron chi connectivity index (χ4n) is 2.32. The van der Waals surface area contributed by atoms with Crippen LogP contribution < -0.4 is 15.4 Å². The van der Waals surface area contributed by atoms with Gasteiger partial charge in [0.1, 0.15) is 17.2 Å². The Morgan fingerprint density at radius 1 is 0.923 bits per heavy atom. The first-order chi connectivity index (χ1) is 12.7. The second-order valence-electron chi connectivity index (χ2n) is 5.39. The Balaban J connectivity index is 1.74. The van der Waals surface area contributed by atoms with Gasteiger partial charge < -0.3 is 20.5 Å². The molecular weight excluding hydrogens is 332 g/mol. The number of nitrogens with one attached hydrogen (secondary N) is 2. The number of amides is 2. The van der Waals surface area contributed by atoms with E-state index in [-0.39, 0.29) is 17.3 Å². The molecule has 3 aromatic carbocycles. The van der Waals surface area contributed by atoms with Crippen molar-refractivity contribution in [1.82, 2.24) is 0 Å². The lowest BCUT2D eigenvalue weighted by Gasteiger charge is -2.10. The Hall–Kier alpha value is -3.80. The van der Waals surface area contributed by atoms with Gasteiger partial charge in [-0.25, -0.2) is 0 Å². The van der Waals surface area contributed by atoms with Crippen LogP contribution in [-0.4, -0.2) is 17.4 Å². The number of rotatable bonds is 6. The predicted octanol–water partition coefficient (Wildman–Crippen LogP) is 4.01. The predicted molar refractivity (Wildman–Crippen MR) is 98.7 cm³/mol. The van der Waals surface area contributed by atoms with Crippen molar-refractivity contribution in [2.75, 3.05) is 10.6 Å². The fraction of sp³-hybridized carbons (Fsp3) is 0. The van der Waals surface area contributed by atoms with Crippen molar-refractivity contribution in [2.24, 2.45) is 0 Å². The molecule has 0 atom stereocenters. The van der Waals surface area contributed by atoms with E-state index in [1.165, 1.54) is 18.2 Å². The van der Waals surface area contributed by atoms with Gasteiger partial charge in [-0.2, -0.15) is 0 Å². The van der Waals surface area contributed by atoms with Gasteiger partial charge in [0, 0.05) is 17.3 Å². The Morgan fingerprint density at radius 3 is 2.46 bits per heavy atom. The second kappa shape index (κ2) is 7.85. The van der Waals surface area contributed by atoms with Gasteiger partial charge in [0.05, 0.1) is 5.69 Å². The first-order valence-electron chi connectivity index (χ1n) is 7.83. The molecule has 6 heteroatoms. The van der Waals surface area contributed by atoms with E-state index in [9.17, 15) is 14.7 Å². The molecule has 0 spiro atoms. The summed E-state index contributed by atoms with van der Waals surface area (Å²) in [6.07, 6.45) is 0.432. The van der Waals surface area contributed by atoms with Crippen molar-refractivity contribution < 1.29 is 19.4 Å². The van der Waals surface area contributed by atoms with Crippen LogP contribution in [0.1, 0.15) is 10.4 Å². The molecule has 0 bridgehead atoms. The van der Waals surface area contributed by atoms with E-state index in [1.54, 1.807) is 24.3 Å². The van der Waals surface area contributed by atoms with Crippen molar-refractivity contribution in [1.29, 1.82) is 0 Å². The molecule has 3 N–H and O–H groups in total. The molecule has 0 radical (unpaired) electrons. The lowest BCUT2D eigenvalue weighted by molar-refractivity contribution is -0.105. The van der Waals surface area contributed by atoms with E-state index >= 15 is 0 Å². The van der Waals surface area contributed by atoms with E-state index in [4.69, 9.17) is 4.74 Å². The maximum atomic E-state index is 12.4. The van der Waals surface area contributed by atoms with Crippen molar-refractivity contribution in [3.05, 3.63) is 78.4 Å². The maximum absolute atomic E-state index is 12.4. The smallest absolute Gasteiger partial charge is 0.255 e. The Kier molecular flexibility index (Phi) is 5.14. The highest BCUT2D eigenvalue weighted by Gasteiger charge is 2.10. The fourth-order valence-corrected chi connectivity index (χ4v) is 2.32. The SMILES string of the molecule is O=CNc1cc(C(=O)Nc2cccc(Oc3ccccc3)c2)ccc1O. The number of anilines is 2. The minimum atomic E-state index is -0.379. The summed E-state index contributed by atoms with van der Waals surface area (Å²) >= 11 is 0. The number of hydrogen-bond acceptors (Lipinski definition) is 4. The zero-order chi connectivity index (χ0) is 18.4. The summed E-state index contributed by atoms with van der Waals surface area (Å²) < 4.78 is 5.74. The van der Waals surface area contributed by atoms with E-state index < -0.39 is 0 Å². The lowest BCUT2D eigenvalue weighted by atomic mass is 10.1. The molecule has 0 aliphatic rings. The average Bonchev–Trinajstić information content (AvgIpc) is 2.65. The standard InChI is InChI=1S/C20H16N2O4/c23-13-21-18-11-14(9-10-19(18)24)20(25)22-15-5-4-8-17(12-15)26-16-6-2-1-3-7-16/h1-13,24H,(H,21,23)(H,22,25). The maximum Gasteiger partial charge on any atom is 0.255 e. The van der Waals surface area contributed by atoms with E-state index in [1.807, 2.05) is 30.3 Å². The molecule has 6 nitrogen and oxygen atoms in total. The first-order valence-corrected chi connectivity index (χ1v) is 7.83. The van der Waals surface area contributed by atoms with Crippen LogP contribution in [0.4, 0.5) is 11.4 Å². The van der Waals surface area contributed by atoms with Crippen LogP contribution >= 0.6 is 0 Å². The minimum absolute atomic E-state index is 0.119. The van der Waals surface area contributed by atoms with Crippen LogP contribution in [0.3, 0.4) is 0 Å². The zero-order valence-electron chi connectivity index (χ0n) is 13.7.